The van der Waals surface area contributed by atoms with Gasteiger partial charge in [0.2, 0.25) is 0 Å². The summed E-state index contributed by atoms with van der Waals surface area (Å²) in [5, 5.41) is 0. The predicted octanol–water partition coefficient (Wildman–Crippen LogP) is 1.76. The molecule has 0 unspecified atom stereocenters. The van der Waals surface area contributed by atoms with E-state index in [1.54, 1.807) is 0 Å². The van der Waals surface area contributed by atoms with E-state index in [4.69, 9.17) is 9.47 Å². The monoisotopic (exact) mass is 247 g/mol. The molecule has 2 heterocycles. The molecule has 1 aromatic rings. The van der Waals surface area contributed by atoms with E-state index in [1.165, 1.54) is 5.69 Å². The summed E-state index contributed by atoms with van der Waals surface area (Å²) in [4.78, 5) is 4.73. The third kappa shape index (κ3) is 2.12. The van der Waals surface area contributed by atoms with Gasteiger partial charge in [0.15, 0.2) is 11.5 Å². The molecule has 0 aromatic heterocycles. The fourth-order valence-corrected chi connectivity index (χ4v) is 2.53. The van der Waals surface area contributed by atoms with E-state index in [9.17, 15) is 0 Å². The van der Waals surface area contributed by atoms with Crippen LogP contribution < -0.4 is 14.4 Å². The first-order valence-corrected chi connectivity index (χ1v) is 6.55. The van der Waals surface area contributed by atoms with Crippen LogP contribution in [0.3, 0.4) is 0 Å². The first kappa shape index (κ1) is 11.7. The molecule has 97 valence electrons. The quantitative estimate of drug-likeness (QED) is 0.795. The van der Waals surface area contributed by atoms with Gasteiger partial charge in [-0.05, 0) is 19.1 Å². The van der Waals surface area contributed by atoms with Crippen LogP contribution in [0.1, 0.15) is 6.92 Å². The molecule has 2 aliphatic rings. The number of hydrogen-bond acceptors (Lipinski definition) is 4. The normalized spacial score (nSPS) is 19.9. The van der Waals surface area contributed by atoms with Crippen molar-refractivity contribution >= 4 is 5.69 Å². The smallest absolute Gasteiger partial charge is 0.184 e. The van der Waals surface area contributed by atoms with Crippen molar-refractivity contribution in [3.8, 4) is 11.5 Å². The molecule has 0 saturated carbocycles. The Labute approximate surface area is 108 Å². The van der Waals surface area contributed by atoms with Crippen molar-refractivity contribution < 1.29 is 9.47 Å². The third-order valence-corrected chi connectivity index (χ3v) is 3.57. The van der Waals surface area contributed by atoms with Crippen molar-refractivity contribution in [2.75, 3.05) is 44.3 Å². The van der Waals surface area contributed by atoms with Gasteiger partial charge in [-0.1, -0.05) is 6.07 Å². The predicted molar refractivity (Wildman–Crippen MR) is 71.2 cm³/mol. The molecular formula is C14H19N2O2. The number of anilines is 1. The Kier molecular flexibility index (Phi) is 3.28. The standard InChI is InChI=1S/C14H19N2O2/c1-2-15-6-8-16(9-7-15)12-4-3-5-13-14(12)18-11-10-17-13/h2-5H,6-11H2,1H3. The zero-order valence-corrected chi connectivity index (χ0v) is 10.8. The van der Waals surface area contributed by atoms with Crippen molar-refractivity contribution in [2.24, 2.45) is 0 Å². The van der Waals surface area contributed by atoms with Crippen LogP contribution in [0.2, 0.25) is 0 Å². The van der Waals surface area contributed by atoms with Gasteiger partial charge in [0.1, 0.15) is 13.2 Å². The maximum Gasteiger partial charge on any atom is 0.184 e. The van der Waals surface area contributed by atoms with Gasteiger partial charge in [-0.15, -0.1) is 0 Å². The molecule has 0 N–H and O–H groups in total. The van der Waals surface area contributed by atoms with Gasteiger partial charge in [0, 0.05) is 32.7 Å². The van der Waals surface area contributed by atoms with Crippen LogP contribution in [0.15, 0.2) is 18.2 Å². The van der Waals surface area contributed by atoms with Crippen molar-refractivity contribution in [3.05, 3.63) is 24.7 Å². The van der Waals surface area contributed by atoms with Crippen molar-refractivity contribution in [3.63, 3.8) is 0 Å². The average molecular weight is 247 g/mol. The fraction of sp³-hybridized carbons (Fsp3) is 0.500. The molecule has 1 radical (unpaired) electrons. The molecular weight excluding hydrogens is 228 g/mol. The summed E-state index contributed by atoms with van der Waals surface area (Å²) in [6, 6.07) is 6.15. The van der Waals surface area contributed by atoms with Crippen molar-refractivity contribution in [1.82, 2.24) is 4.90 Å². The van der Waals surface area contributed by atoms with Gasteiger partial charge in [0.05, 0.1) is 5.69 Å². The molecule has 0 atom stereocenters. The highest BCUT2D eigenvalue weighted by atomic mass is 16.6. The minimum absolute atomic E-state index is 0.646. The second-order valence-electron chi connectivity index (χ2n) is 4.58. The molecule has 0 amide bonds. The average Bonchev–Trinajstić information content (AvgIpc) is 2.47. The lowest BCUT2D eigenvalue weighted by molar-refractivity contribution is 0.171. The second kappa shape index (κ2) is 5.06. The number of piperazine rings is 1. The van der Waals surface area contributed by atoms with E-state index in [2.05, 4.69) is 29.3 Å². The van der Waals surface area contributed by atoms with E-state index >= 15 is 0 Å². The zero-order chi connectivity index (χ0) is 12.4. The molecule has 0 bridgehead atoms. The van der Waals surface area contributed by atoms with Gasteiger partial charge in [-0.25, -0.2) is 0 Å². The number of hydrogen-bond donors (Lipinski definition) is 0. The lowest BCUT2D eigenvalue weighted by Gasteiger charge is -2.36. The SMILES string of the molecule is C[CH]N1CCN(c2cccc3c2OCCO3)CC1. The summed E-state index contributed by atoms with van der Waals surface area (Å²) in [6.07, 6.45) is 0. The number of rotatable bonds is 2. The number of para-hydroxylation sites is 1. The summed E-state index contributed by atoms with van der Waals surface area (Å²) < 4.78 is 11.4. The first-order valence-electron chi connectivity index (χ1n) is 6.55. The van der Waals surface area contributed by atoms with Crippen molar-refractivity contribution in [1.29, 1.82) is 0 Å². The number of nitrogens with zero attached hydrogens (tertiary/aromatic N) is 2. The summed E-state index contributed by atoms with van der Waals surface area (Å²) in [6.45, 7) is 9.76. The lowest BCUT2D eigenvalue weighted by Crippen LogP contribution is -2.45. The van der Waals surface area contributed by atoms with E-state index in [0.717, 1.165) is 37.7 Å². The second-order valence-corrected chi connectivity index (χ2v) is 4.58. The van der Waals surface area contributed by atoms with Crippen molar-refractivity contribution in [2.45, 2.75) is 6.92 Å². The minimum atomic E-state index is 0.646. The number of fused-ring (bicyclic) bond motifs is 1. The molecule has 1 fully saturated rings. The van der Waals surface area contributed by atoms with Gasteiger partial charge in [0.25, 0.3) is 0 Å². The summed E-state index contributed by atoms with van der Waals surface area (Å²) in [5.41, 5.74) is 1.17. The van der Waals surface area contributed by atoms with Crippen LogP contribution in [-0.2, 0) is 0 Å². The molecule has 1 saturated heterocycles. The molecule has 1 aromatic carbocycles. The molecule has 18 heavy (non-hydrogen) atoms. The largest absolute Gasteiger partial charge is 0.486 e. The highest BCUT2D eigenvalue weighted by Crippen LogP contribution is 2.39. The van der Waals surface area contributed by atoms with Crippen LogP contribution in [0, 0.1) is 6.54 Å². The Hall–Kier alpha value is -1.42. The Morgan fingerprint density at radius 3 is 2.61 bits per heavy atom. The first-order chi connectivity index (χ1) is 8.88. The molecule has 0 aliphatic carbocycles. The van der Waals surface area contributed by atoms with Crippen LogP contribution in [0.5, 0.6) is 11.5 Å². The van der Waals surface area contributed by atoms with Gasteiger partial charge in [-0.2, -0.15) is 0 Å². The molecule has 4 heteroatoms. The lowest BCUT2D eigenvalue weighted by atomic mass is 10.2. The van der Waals surface area contributed by atoms with Gasteiger partial charge in [-0.3, -0.25) is 4.90 Å². The van der Waals surface area contributed by atoms with E-state index in [-0.39, 0.29) is 0 Å². The van der Waals surface area contributed by atoms with Crippen LogP contribution >= 0.6 is 0 Å². The Bertz CT molecular complexity index is 414. The molecule has 3 rings (SSSR count). The summed E-state index contributed by atoms with van der Waals surface area (Å²) >= 11 is 0. The number of ether oxygens (including phenoxy) is 2. The molecule has 4 nitrogen and oxygen atoms in total. The van der Waals surface area contributed by atoms with E-state index in [1.807, 2.05) is 12.1 Å². The zero-order valence-electron chi connectivity index (χ0n) is 10.8. The highest BCUT2D eigenvalue weighted by molar-refractivity contribution is 5.65. The summed E-state index contributed by atoms with van der Waals surface area (Å²) in [5.74, 6) is 1.79. The Balaban J connectivity index is 1.80. The van der Waals surface area contributed by atoms with Gasteiger partial charge >= 0.3 is 0 Å². The Morgan fingerprint density at radius 2 is 1.83 bits per heavy atom. The highest BCUT2D eigenvalue weighted by Gasteiger charge is 2.22. The topological polar surface area (TPSA) is 24.9 Å². The van der Waals surface area contributed by atoms with Gasteiger partial charge < -0.3 is 14.4 Å². The van der Waals surface area contributed by atoms with Crippen LogP contribution in [0.4, 0.5) is 5.69 Å². The Morgan fingerprint density at radius 1 is 1.06 bits per heavy atom. The van der Waals surface area contributed by atoms with E-state index < -0.39 is 0 Å². The molecule has 2 aliphatic heterocycles. The number of benzene rings is 1. The van der Waals surface area contributed by atoms with Crippen LogP contribution in [-0.4, -0.2) is 44.3 Å². The summed E-state index contributed by atoms with van der Waals surface area (Å²) in [7, 11) is 0. The fourth-order valence-electron chi connectivity index (χ4n) is 2.53. The minimum Gasteiger partial charge on any atom is -0.486 e. The maximum atomic E-state index is 5.77. The molecule has 0 spiro atoms. The van der Waals surface area contributed by atoms with E-state index in [0.29, 0.717) is 13.2 Å². The van der Waals surface area contributed by atoms with Crippen LogP contribution in [0.25, 0.3) is 0 Å². The maximum absolute atomic E-state index is 5.77. The third-order valence-electron chi connectivity index (χ3n) is 3.57.